The Kier molecular flexibility index (Phi) is 4.68. The number of aliphatic hydroxyl groups is 1. The summed E-state index contributed by atoms with van der Waals surface area (Å²) in [5.41, 5.74) is 2.16. The maximum Gasteiger partial charge on any atom is 0.145 e. The van der Waals surface area contributed by atoms with E-state index in [1.54, 1.807) is 6.07 Å². The fraction of sp³-hybridized carbons (Fsp3) is 0.733. The fourth-order valence-corrected chi connectivity index (χ4v) is 2.74. The van der Waals surface area contributed by atoms with Crippen molar-refractivity contribution in [3.63, 3.8) is 0 Å². The van der Waals surface area contributed by atoms with Gasteiger partial charge in [0.25, 0.3) is 0 Å². The third-order valence-corrected chi connectivity index (χ3v) is 4.05. The van der Waals surface area contributed by atoms with E-state index in [0.717, 1.165) is 37.3 Å². The first-order valence-electron chi connectivity index (χ1n) is 7.64. The first-order valence-corrected chi connectivity index (χ1v) is 7.64. The molecule has 0 radical (unpaired) electrons. The second-order valence-corrected chi connectivity index (χ2v) is 6.98. The highest BCUT2D eigenvalue weighted by Gasteiger charge is 2.32. The van der Waals surface area contributed by atoms with Gasteiger partial charge in [-0.05, 0) is 12.8 Å². The minimum atomic E-state index is -0.270. The van der Waals surface area contributed by atoms with Gasteiger partial charge in [-0.2, -0.15) is 0 Å². The number of anilines is 2. The van der Waals surface area contributed by atoms with E-state index in [1.807, 2.05) is 0 Å². The molecular weight excluding hydrogens is 266 g/mol. The van der Waals surface area contributed by atoms with Crippen LogP contribution in [-0.2, 0) is 5.41 Å². The van der Waals surface area contributed by atoms with Crippen LogP contribution in [0.3, 0.4) is 0 Å². The molecule has 1 aliphatic rings. The summed E-state index contributed by atoms with van der Waals surface area (Å²) in [6.45, 7) is 6.31. The molecule has 0 atom stereocenters. The Hall–Kier alpha value is -1.40. The summed E-state index contributed by atoms with van der Waals surface area (Å²) in [6, 6.07) is 1.79. The first kappa shape index (κ1) is 16.0. The summed E-state index contributed by atoms with van der Waals surface area (Å²) in [5, 5.41) is 13.2. The molecule has 1 aromatic heterocycles. The SMILES string of the molecule is CC(C)(C)c1nc(NN)cc(NC2(CO)CCCCC2)n1. The van der Waals surface area contributed by atoms with Gasteiger partial charge in [0.05, 0.1) is 12.1 Å². The lowest BCUT2D eigenvalue weighted by atomic mass is 9.82. The number of nitrogens with two attached hydrogens (primary N) is 1. The van der Waals surface area contributed by atoms with Gasteiger partial charge < -0.3 is 15.8 Å². The van der Waals surface area contributed by atoms with Crippen LogP contribution in [0.25, 0.3) is 0 Å². The molecule has 1 aromatic rings. The van der Waals surface area contributed by atoms with E-state index in [2.05, 4.69) is 41.5 Å². The summed E-state index contributed by atoms with van der Waals surface area (Å²) in [7, 11) is 0. The second-order valence-electron chi connectivity index (χ2n) is 6.98. The topological polar surface area (TPSA) is 96.1 Å². The van der Waals surface area contributed by atoms with Crippen LogP contribution in [0, 0.1) is 0 Å². The molecular formula is C15H27N5O. The largest absolute Gasteiger partial charge is 0.394 e. The maximum absolute atomic E-state index is 9.81. The average Bonchev–Trinajstić information content (AvgIpc) is 2.47. The van der Waals surface area contributed by atoms with Gasteiger partial charge in [0.1, 0.15) is 17.5 Å². The lowest BCUT2D eigenvalue weighted by Gasteiger charge is -2.37. The van der Waals surface area contributed by atoms with Crippen LogP contribution >= 0.6 is 0 Å². The van der Waals surface area contributed by atoms with Crippen molar-refractivity contribution >= 4 is 11.6 Å². The van der Waals surface area contributed by atoms with Gasteiger partial charge in [-0.25, -0.2) is 15.8 Å². The zero-order valence-corrected chi connectivity index (χ0v) is 13.2. The second kappa shape index (κ2) is 6.15. The first-order chi connectivity index (χ1) is 9.88. The molecule has 2 rings (SSSR count). The van der Waals surface area contributed by atoms with E-state index in [0.29, 0.717) is 5.82 Å². The predicted molar refractivity (Wildman–Crippen MR) is 85.1 cm³/mol. The van der Waals surface area contributed by atoms with Crippen molar-refractivity contribution in [1.82, 2.24) is 9.97 Å². The number of nitrogens with one attached hydrogen (secondary N) is 2. The Labute approximate surface area is 126 Å². The summed E-state index contributed by atoms with van der Waals surface area (Å²) in [4.78, 5) is 9.03. The van der Waals surface area contributed by atoms with Crippen molar-refractivity contribution in [2.45, 2.75) is 63.8 Å². The third kappa shape index (κ3) is 3.83. The molecule has 0 spiro atoms. The van der Waals surface area contributed by atoms with Crippen molar-refractivity contribution in [3.8, 4) is 0 Å². The van der Waals surface area contributed by atoms with Gasteiger partial charge in [0.15, 0.2) is 0 Å². The normalized spacial score (nSPS) is 18.3. The Balaban J connectivity index is 2.30. The number of nitrogens with zero attached hydrogens (tertiary/aromatic N) is 2. The number of hydrogen-bond acceptors (Lipinski definition) is 6. The molecule has 0 bridgehead atoms. The number of nitrogen functional groups attached to an aromatic ring is 1. The molecule has 5 N–H and O–H groups in total. The lowest BCUT2D eigenvalue weighted by Crippen LogP contribution is -2.44. The molecule has 118 valence electrons. The average molecular weight is 293 g/mol. The number of aromatic nitrogens is 2. The molecule has 0 amide bonds. The highest BCUT2D eigenvalue weighted by atomic mass is 16.3. The van der Waals surface area contributed by atoms with Crippen LogP contribution in [0.1, 0.15) is 58.7 Å². The Morgan fingerprint density at radius 1 is 1.19 bits per heavy atom. The lowest BCUT2D eigenvalue weighted by molar-refractivity contribution is 0.172. The molecule has 1 aliphatic carbocycles. The zero-order chi connectivity index (χ0) is 15.5. The Morgan fingerprint density at radius 3 is 2.33 bits per heavy atom. The molecule has 0 aromatic carbocycles. The molecule has 21 heavy (non-hydrogen) atoms. The fourth-order valence-electron chi connectivity index (χ4n) is 2.74. The van der Waals surface area contributed by atoms with Crippen LogP contribution in [0.15, 0.2) is 6.07 Å². The summed E-state index contributed by atoms with van der Waals surface area (Å²) in [5.74, 6) is 7.54. The maximum atomic E-state index is 9.81. The summed E-state index contributed by atoms with van der Waals surface area (Å²) >= 11 is 0. The van der Waals surface area contributed by atoms with E-state index in [-0.39, 0.29) is 17.6 Å². The van der Waals surface area contributed by atoms with Gasteiger partial charge in [-0.1, -0.05) is 40.0 Å². The number of aliphatic hydroxyl groups excluding tert-OH is 1. The summed E-state index contributed by atoms with van der Waals surface area (Å²) < 4.78 is 0. The van der Waals surface area contributed by atoms with E-state index in [4.69, 9.17) is 5.84 Å². The molecule has 1 fully saturated rings. The smallest absolute Gasteiger partial charge is 0.145 e. The highest BCUT2D eigenvalue weighted by molar-refractivity contribution is 5.49. The van der Waals surface area contributed by atoms with Gasteiger partial charge >= 0.3 is 0 Å². The number of rotatable bonds is 4. The van der Waals surface area contributed by atoms with Crippen molar-refractivity contribution in [3.05, 3.63) is 11.9 Å². The Bertz CT molecular complexity index is 477. The summed E-state index contributed by atoms with van der Waals surface area (Å²) in [6.07, 6.45) is 5.42. The number of hydrogen-bond donors (Lipinski definition) is 4. The van der Waals surface area contributed by atoms with Crippen LogP contribution in [-0.4, -0.2) is 27.2 Å². The quantitative estimate of drug-likeness (QED) is 0.502. The van der Waals surface area contributed by atoms with Crippen molar-refractivity contribution in [2.75, 3.05) is 17.3 Å². The monoisotopic (exact) mass is 293 g/mol. The van der Waals surface area contributed by atoms with E-state index < -0.39 is 0 Å². The van der Waals surface area contributed by atoms with E-state index in [9.17, 15) is 5.11 Å². The minimum absolute atomic E-state index is 0.118. The van der Waals surface area contributed by atoms with E-state index in [1.165, 1.54) is 6.42 Å². The standard InChI is InChI=1S/C15H27N5O/c1-14(2,3)13-17-11(9-12(18-13)20-16)19-15(10-21)7-5-4-6-8-15/h9,21H,4-8,10,16H2,1-3H3,(H2,17,18,19,20). The van der Waals surface area contributed by atoms with Crippen LogP contribution in [0.4, 0.5) is 11.6 Å². The molecule has 1 saturated carbocycles. The van der Waals surface area contributed by atoms with Gasteiger partial charge in [-0.3, -0.25) is 0 Å². The zero-order valence-electron chi connectivity index (χ0n) is 13.2. The van der Waals surface area contributed by atoms with Crippen LogP contribution in [0.2, 0.25) is 0 Å². The van der Waals surface area contributed by atoms with Crippen molar-refractivity contribution in [1.29, 1.82) is 0 Å². The van der Waals surface area contributed by atoms with Gasteiger partial charge in [0, 0.05) is 11.5 Å². The molecule has 6 nitrogen and oxygen atoms in total. The highest BCUT2D eigenvalue weighted by Crippen LogP contribution is 2.32. The molecule has 6 heteroatoms. The van der Waals surface area contributed by atoms with E-state index >= 15 is 0 Å². The van der Waals surface area contributed by atoms with Gasteiger partial charge in [0.2, 0.25) is 0 Å². The molecule has 0 aliphatic heterocycles. The minimum Gasteiger partial charge on any atom is -0.394 e. The van der Waals surface area contributed by atoms with Crippen molar-refractivity contribution in [2.24, 2.45) is 5.84 Å². The van der Waals surface area contributed by atoms with Gasteiger partial charge in [-0.15, -0.1) is 0 Å². The van der Waals surface area contributed by atoms with Crippen LogP contribution < -0.4 is 16.6 Å². The third-order valence-electron chi connectivity index (χ3n) is 4.05. The number of hydrazine groups is 1. The predicted octanol–water partition coefficient (Wildman–Crippen LogP) is 2.17. The van der Waals surface area contributed by atoms with Crippen molar-refractivity contribution < 1.29 is 5.11 Å². The molecule has 0 unspecified atom stereocenters. The Morgan fingerprint density at radius 2 is 1.81 bits per heavy atom. The molecule has 1 heterocycles. The molecule has 0 saturated heterocycles. The van der Waals surface area contributed by atoms with Crippen LogP contribution in [0.5, 0.6) is 0 Å².